The maximum atomic E-state index is 11.9. The Balaban J connectivity index is 1.59. The summed E-state index contributed by atoms with van der Waals surface area (Å²) >= 11 is 0. The fraction of sp³-hybridized carbons (Fsp3) is 0.571. The largest absolute Gasteiger partial charge is 0.368 e. The van der Waals surface area contributed by atoms with Crippen molar-refractivity contribution in [2.75, 3.05) is 43.0 Å². The molecule has 2 fully saturated rings. The van der Waals surface area contributed by atoms with Gasteiger partial charge in [-0.1, -0.05) is 0 Å². The van der Waals surface area contributed by atoms with Crippen molar-refractivity contribution in [1.29, 1.82) is 0 Å². The van der Waals surface area contributed by atoms with Crippen molar-refractivity contribution < 1.29 is 9.53 Å². The van der Waals surface area contributed by atoms with Crippen LogP contribution in [0.1, 0.15) is 12.8 Å². The zero-order chi connectivity index (χ0) is 13.8. The molecule has 1 atom stereocenters. The van der Waals surface area contributed by atoms with Crippen LogP contribution in [0.4, 0.5) is 11.5 Å². The predicted molar refractivity (Wildman–Crippen MR) is 76.9 cm³/mol. The zero-order valence-corrected chi connectivity index (χ0v) is 11.5. The summed E-state index contributed by atoms with van der Waals surface area (Å²) in [5.41, 5.74) is 1.10. The van der Waals surface area contributed by atoms with Gasteiger partial charge in [0.15, 0.2) is 0 Å². The first-order chi connectivity index (χ1) is 9.83. The van der Waals surface area contributed by atoms with E-state index in [1.54, 1.807) is 0 Å². The first kappa shape index (κ1) is 13.3. The highest BCUT2D eigenvalue weighted by molar-refractivity contribution is 5.93. The normalized spacial score (nSPS) is 22.8. The van der Waals surface area contributed by atoms with Crippen LogP contribution in [0.15, 0.2) is 18.3 Å². The second kappa shape index (κ2) is 6.19. The quantitative estimate of drug-likeness (QED) is 0.846. The summed E-state index contributed by atoms with van der Waals surface area (Å²) in [6.07, 6.45) is 3.25. The summed E-state index contributed by atoms with van der Waals surface area (Å²) in [4.78, 5) is 18.5. The van der Waals surface area contributed by atoms with Gasteiger partial charge in [0.2, 0.25) is 0 Å². The third kappa shape index (κ3) is 3.08. The van der Waals surface area contributed by atoms with Gasteiger partial charge >= 0.3 is 0 Å². The van der Waals surface area contributed by atoms with E-state index >= 15 is 0 Å². The monoisotopic (exact) mass is 276 g/mol. The molecule has 20 heavy (non-hydrogen) atoms. The molecule has 3 rings (SSSR count). The number of ether oxygens (including phenoxy) is 1. The van der Waals surface area contributed by atoms with E-state index in [1.165, 1.54) is 0 Å². The fourth-order valence-electron chi connectivity index (χ4n) is 2.56. The molecular weight excluding hydrogens is 256 g/mol. The van der Waals surface area contributed by atoms with Crippen LogP contribution in [0.5, 0.6) is 0 Å². The van der Waals surface area contributed by atoms with Crippen LogP contribution in [0, 0.1) is 0 Å². The fourth-order valence-corrected chi connectivity index (χ4v) is 2.56. The molecule has 6 heteroatoms. The molecule has 108 valence electrons. The summed E-state index contributed by atoms with van der Waals surface area (Å²) in [6, 6.07) is 3.85. The molecule has 0 aromatic carbocycles. The lowest BCUT2D eigenvalue weighted by molar-refractivity contribution is -0.124. The average Bonchev–Trinajstić information content (AvgIpc) is 3.03. The Morgan fingerprint density at radius 2 is 2.25 bits per heavy atom. The van der Waals surface area contributed by atoms with Gasteiger partial charge < -0.3 is 20.3 Å². The van der Waals surface area contributed by atoms with Crippen LogP contribution in [-0.2, 0) is 9.53 Å². The van der Waals surface area contributed by atoms with E-state index in [9.17, 15) is 4.79 Å². The van der Waals surface area contributed by atoms with E-state index in [0.29, 0.717) is 12.4 Å². The lowest BCUT2D eigenvalue weighted by Crippen LogP contribution is -2.43. The van der Waals surface area contributed by atoms with Gasteiger partial charge in [0.05, 0.1) is 11.9 Å². The molecule has 2 aliphatic heterocycles. The number of rotatable bonds is 3. The minimum absolute atomic E-state index is 0.0927. The number of carbonyl (C=O) groups is 1. The molecule has 1 unspecified atom stereocenters. The molecule has 1 amide bonds. The number of amides is 1. The maximum absolute atomic E-state index is 11.9. The molecule has 2 aliphatic rings. The van der Waals surface area contributed by atoms with Gasteiger partial charge in [0, 0.05) is 32.8 Å². The Hall–Kier alpha value is -1.66. The molecular formula is C14H20N4O2. The van der Waals surface area contributed by atoms with Crippen LogP contribution in [-0.4, -0.2) is 49.8 Å². The van der Waals surface area contributed by atoms with Crippen LogP contribution in [0.2, 0.25) is 0 Å². The van der Waals surface area contributed by atoms with Crippen molar-refractivity contribution in [2.45, 2.75) is 18.9 Å². The number of carbonyl (C=O) groups excluding carboxylic acids is 1. The van der Waals surface area contributed by atoms with Crippen LogP contribution < -0.4 is 15.5 Å². The lowest BCUT2D eigenvalue weighted by Gasteiger charge is -2.29. The van der Waals surface area contributed by atoms with Gasteiger partial charge in [-0.25, -0.2) is 4.98 Å². The maximum Gasteiger partial charge on any atom is 0.254 e. The van der Waals surface area contributed by atoms with Gasteiger partial charge in [-0.05, 0) is 25.0 Å². The Kier molecular flexibility index (Phi) is 4.13. The zero-order valence-electron chi connectivity index (χ0n) is 11.5. The summed E-state index contributed by atoms with van der Waals surface area (Å²) in [7, 11) is 0. The molecule has 0 saturated carbocycles. The average molecular weight is 276 g/mol. The molecule has 6 nitrogen and oxygen atoms in total. The molecule has 3 heterocycles. The minimum atomic E-state index is -0.315. The molecule has 0 aliphatic carbocycles. The van der Waals surface area contributed by atoms with Gasteiger partial charge in [0.1, 0.15) is 11.9 Å². The van der Waals surface area contributed by atoms with Gasteiger partial charge in [0.25, 0.3) is 5.91 Å². The SMILES string of the molecule is O=C(Nc1ccc(N2CCNCC2)cn1)C1CCCO1. The first-order valence-electron chi connectivity index (χ1n) is 7.17. The molecule has 1 aromatic rings. The second-order valence-corrected chi connectivity index (χ2v) is 5.13. The van der Waals surface area contributed by atoms with Crippen molar-refractivity contribution >= 4 is 17.4 Å². The van der Waals surface area contributed by atoms with E-state index in [2.05, 4.69) is 20.5 Å². The van der Waals surface area contributed by atoms with E-state index in [-0.39, 0.29) is 12.0 Å². The third-order valence-corrected chi connectivity index (χ3v) is 3.70. The van der Waals surface area contributed by atoms with Crippen molar-refractivity contribution in [1.82, 2.24) is 10.3 Å². The number of hydrogen-bond donors (Lipinski definition) is 2. The van der Waals surface area contributed by atoms with Crippen molar-refractivity contribution in [3.8, 4) is 0 Å². The molecule has 2 N–H and O–H groups in total. The smallest absolute Gasteiger partial charge is 0.254 e. The Labute approximate surface area is 118 Å². The van der Waals surface area contributed by atoms with Gasteiger partial charge in [-0.2, -0.15) is 0 Å². The van der Waals surface area contributed by atoms with E-state index in [4.69, 9.17) is 4.74 Å². The standard InChI is InChI=1S/C14H20N4O2/c19-14(12-2-1-9-20-12)17-13-4-3-11(10-16-13)18-7-5-15-6-8-18/h3-4,10,12,15H,1-2,5-9H2,(H,16,17,19). The van der Waals surface area contributed by atoms with Gasteiger partial charge in [-0.15, -0.1) is 0 Å². The highest BCUT2D eigenvalue weighted by Crippen LogP contribution is 2.17. The molecule has 0 spiro atoms. The number of anilines is 2. The van der Waals surface area contributed by atoms with Gasteiger partial charge in [-0.3, -0.25) is 4.79 Å². The molecule has 1 aromatic heterocycles. The minimum Gasteiger partial charge on any atom is -0.368 e. The summed E-state index contributed by atoms with van der Waals surface area (Å²) in [5.74, 6) is 0.495. The summed E-state index contributed by atoms with van der Waals surface area (Å²) < 4.78 is 5.35. The van der Waals surface area contributed by atoms with E-state index < -0.39 is 0 Å². The molecule has 0 radical (unpaired) electrons. The van der Waals surface area contributed by atoms with Crippen LogP contribution in [0.25, 0.3) is 0 Å². The topological polar surface area (TPSA) is 66.5 Å². The van der Waals surface area contributed by atoms with Crippen molar-refractivity contribution in [3.05, 3.63) is 18.3 Å². The van der Waals surface area contributed by atoms with Crippen molar-refractivity contribution in [3.63, 3.8) is 0 Å². The second-order valence-electron chi connectivity index (χ2n) is 5.13. The Bertz CT molecular complexity index is 451. The third-order valence-electron chi connectivity index (χ3n) is 3.70. The number of nitrogens with zero attached hydrogens (tertiary/aromatic N) is 2. The number of hydrogen-bond acceptors (Lipinski definition) is 5. The Morgan fingerprint density at radius 1 is 1.40 bits per heavy atom. The van der Waals surface area contributed by atoms with Crippen molar-refractivity contribution in [2.24, 2.45) is 0 Å². The highest BCUT2D eigenvalue weighted by Gasteiger charge is 2.23. The van der Waals surface area contributed by atoms with Crippen LogP contribution >= 0.6 is 0 Å². The molecule has 2 saturated heterocycles. The highest BCUT2D eigenvalue weighted by atomic mass is 16.5. The van der Waals surface area contributed by atoms with E-state index in [0.717, 1.165) is 44.7 Å². The number of piperazine rings is 1. The lowest BCUT2D eigenvalue weighted by atomic mass is 10.2. The number of pyridine rings is 1. The predicted octanol–water partition coefficient (Wildman–Crippen LogP) is 0.609. The number of aromatic nitrogens is 1. The first-order valence-corrected chi connectivity index (χ1v) is 7.17. The number of nitrogens with one attached hydrogen (secondary N) is 2. The van der Waals surface area contributed by atoms with E-state index in [1.807, 2.05) is 18.3 Å². The van der Waals surface area contributed by atoms with Crippen LogP contribution in [0.3, 0.4) is 0 Å². The Morgan fingerprint density at radius 3 is 2.90 bits per heavy atom. The molecule has 0 bridgehead atoms. The summed E-state index contributed by atoms with van der Waals surface area (Å²) in [5, 5.41) is 6.13. The summed E-state index contributed by atoms with van der Waals surface area (Å²) in [6.45, 7) is 4.65.